The van der Waals surface area contributed by atoms with Gasteiger partial charge in [0.15, 0.2) is 0 Å². The van der Waals surface area contributed by atoms with E-state index in [0.717, 1.165) is 27.8 Å². The Morgan fingerprint density at radius 3 is 2.95 bits per heavy atom. The topological polar surface area (TPSA) is 25.0 Å². The first kappa shape index (κ1) is 11.3. The summed E-state index contributed by atoms with van der Waals surface area (Å²) in [6.07, 6.45) is 5.73. The lowest BCUT2D eigenvalue weighted by Gasteiger charge is -2.21. The molecule has 0 bridgehead atoms. The number of rotatable bonds is 1. The van der Waals surface area contributed by atoms with Crippen molar-refractivity contribution in [2.24, 2.45) is 0 Å². The number of fused-ring (bicyclic) bond motifs is 2. The van der Waals surface area contributed by atoms with E-state index < -0.39 is 0 Å². The third kappa shape index (κ3) is 1.71. The number of aromatic amines is 1. The fraction of sp³-hybridized carbons (Fsp3) is 0.0588. The molecule has 3 heteroatoms. The Labute approximate surface area is 115 Å². The Hall–Kier alpha value is -2.55. The van der Waals surface area contributed by atoms with Crippen molar-refractivity contribution in [3.8, 4) is 5.75 Å². The lowest BCUT2D eigenvalue weighted by molar-refractivity contribution is 0.253. The van der Waals surface area contributed by atoms with Gasteiger partial charge in [-0.05, 0) is 30.3 Å². The Morgan fingerprint density at radius 2 is 2.00 bits per heavy atom. The summed E-state index contributed by atoms with van der Waals surface area (Å²) in [7, 11) is 0. The first-order valence-corrected chi connectivity index (χ1v) is 6.52. The smallest absolute Gasteiger partial charge is 0.144 e. The van der Waals surface area contributed by atoms with Crippen LogP contribution in [0.4, 0.5) is 4.39 Å². The monoisotopic (exact) mass is 265 g/mol. The third-order valence-corrected chi connectivity index (χ3v) is 3.61. The standard InChI is InChI=1S/C17H12FNO/c18-12-6-7-15-13(9-12)14(10-19-15)17-8-5-11-3-1-2-4-16(11)20-17/h1-10,17,19H. The SMILES string of the molecule is Fc1ccc2[nH]cc(C3C=Cc4ccccc4O3)c2c1. The van der Waals surface area contributed by atoms with Crippen LogP contribution >= 0.6 is 0 Å². The van der Waals surface area contributed by atoms with Gasteiger partial charge in [-0.15, -0.1) is 0 Å². The molecular formula is C17H12FNO. The number of aromatic nitrogens is 1. The minimum absolute atomic E-state index is 0.194. The second-order valence-corrected chi connectivity index (χ2v) is 4.87. The van der Waals surface area contributed by atoms with Crippen molar-refractivity contribution >= 4 is 17.0 Å². The molecular weight excluding hydrogens is 253 g/mol. The van der Waals surface area contributed by atoms with Gasteiger partial charge >= 0.3 is 0 Å². The van der Waals surface area contributed by atoms with E-state index in [1.165, 1.54) is 6.07 Å². The largest absolute Gasteiger partial charge is 0.481 e. The van der Waals surface area contributed by atoms with Gasteiger partial charge in [0.05, 0.1) is 0 Å². The maximum atomic E-state index is 13.4. The predicted molar refractivity (Wildman–Crippen MR) is 77.1 cm³/mol. The van der Waals surface area contributed by atoms with Gasteiger partial charge in [0.2, 0.25) is 0 Å². The summed E-state index contributed by atoms with van der Waals surface area (Å²) in [6.45, 7) is 0. The zero-order chi connectivity index (χ0) is 13.5. The molecule has 2 heterocycles. The zero-order valence-corrected chi connectivity index (χ0v) is 10.6. The highest BCUT2D eigenvalue weighted by atomic mass is 19.1. The van der Waals surface area contributed by atoms with Crippen LogP contribution < -0.4 is 4.74 Å². The molecule has 0 radical (unpaired) electrons. The van der Waals surface area contributed by atoms with Crippen LogP contribution in [-0.4, -0.2) is 4.98 Å². The average Bonchev–Trinajstić information content (AvgIpc) is 2.89. The van der Waals surface area contributed by atoms with E-state index >= 15 is 0 Å². The molecule has 1 aromatic heterocycles. The summed E-state index contributed by atoms with van der Waals surface area (Å²) >= 11 is 0. The summed E-state index contributed by atoms with van der Waals surface area (Å²) in [4.78, 5) is 3.16. The van der Waals surface area contributed by atoms with E-state index in [1.54, 1.807) is 12.1 Å². The highest BCUT2D eigenvalue weighted by molar-refractivity contribution is 5.84. The fourth-order valence-electron chi connectivity index (χ4n) is 2.61. The molecule has 0 saturated carbocycles. The maximum Gasteiger partial charge on any atom is 0.144 e. The van der Waals surface area contributed by atoms with Gasteiger partial charge < -0.3 is 9.72 Å². The molecule has 4 rings (SSSR count). The predicted octanol–water partition coefficient (Wildman–Crippen LogP) is 4.45. The minimum Gasteiger partial charge on any atom is -0.481 e. The number of ether oxygens (including phenoxy) is 1. The summed E-state index contributed by atoms with van der Waals surface area (Å²) < 4.78 is 19.4. The maximum absolute atomic E-state index is 13.4. The Balaban J connectivity index is 1.80. The van der Waals surface area contributed by atoms with Crippen LogP contribution in [0.25, 0.3) is 17.0 Å². The first-order valence-electron chi connectivity index (χ1n) is 6.52. The first-order chi connectivity index (χ1) is 9.81. The number of halogens is 1. The van der Waals surface area contributed by atoms with Crippen LogP contribution in [0.3, 0.4) is 0 Å². The number of hydrogen-bond donors (Lipinski definition) is 1. The van der Waals surface area contributed by atoms with Crippen molar-refractivity contribution in [3.63, 3.8) is 0 Å². The van der Waals surface area contributed by atoms with Crippen molar-refractivity contribution in [2.75, 3.05) is 0 Å². The summed E-state index contributed by atoms with van der Waals surface area (Å²) in [5.41, 5.74) is 2.93. The molecule has 1 N–H and O–H groups in total. The molecule has 2 aromatic carbocycles. The Bertz CT molecular complexity index is 819. The second-order valence-electron chi connectivity index (χ2n) is 4.87. The summed E-state index contributed by atoms with van der Waals surface area (Å²) in [5.74, 6) is 0.615. The number of H-pyrrole nitrogens is 1. The molecule has 1 atom stereocenters. The molecule has 0 fully saturated rings. The number of para-hydroxylation sites is 1. The Morgan fingerprint density at radius 1 is 1.10 bits per heavy atom. The average molecular weight is 265 g/mol. The fourth-order valence-corrected chi connectivity index (χ4v) is 2.61. The van der Waals surface area contributed by atoms with E-state index in [1.807, 2.05) is 42.6 Å². The van der Waals surface area contributed by atoms with Crippen molar-refractivity contribution < 1.29 is 9.13 Å². The van der Waals surface area contributed by atoms with Crippen LogP contribution in [0.15, 0.2) is 54.7 Å². The highest BCUT2D eigenvalue weighted by Gasteiger charge is 2.19. The third-order valence-electron chi connectivity index (χ3n) is 3.61. The zero-order valence-electron chi connectivity index (χ0n) is 10.6. The van der Waals surface area contributed by atoms with Gasteiger partial charge in [-0.3, -0.25) is 0 Å². The van der Waals surface area contributed by atoms with Gasteiger partial charge in [0.1, 0.15) is 17.7 Å². The van der Waals surface area contributed by atoms with Crippen LogP contribution in [-0.2, 0) is 0 Å². The molecule has 1 aliphatic rings. The normalized spacial score (nSPS) is 16.9. The molecule has 1 unspecified atom stereocenters. The molecule has 98 valence electrons. The lowest BCUT2D eigenvalue weighted by Crippen LogP contribution is -2.08. The molecule has 0 spiro atoms. The van der Waals surface area contributed by atoms with Crippen LogP contribution in [0.5, 0.6) is 5.75 Å². The van der Waals surface area contributed by atoms with Gasteiger partial charge in [-0.1, -0.05) is 24.3 Å². The van der Waals surface area contributed by atoms with E-state index in [-0.39, 0.29) is 11.9 Å². The molecule has 3 aromatic rings. The van der Waals surface area contributed by atoms with Crippen molar-refractivity contribution in [1.82, 2.24) is 4.98 Å². The van der Waals surface area contributed by atoms with Crippen LogP contribution in [0.2, 0.25) is 0 Å². The van der Waals surface area contributed by atoms with Gasteiger partial charge in [-0.2, -0.15) is 0 Å². The molecule has 1 aliphatic heterocycles. The molecule has 0 aliphatic carbocycles. The van der Waals surface area contributed by atoms with E-state index in [4.69, 9.17) is 4.74 Å². The van der Waals surface area contributed by atoms with Gasteiger partial charge in [-0.25, -0.2) is 4.39 Å². The van der Waals surface area contributed by atoms with Gasteiger partial charge in [0.25, 0.3) is 0 Å². The van der Waals surface area contributed by atoms with E-state index in [9.17, 15) is 4.39 Å². The highest BCUT2D eigenvalue weighted by Crippen LogP contribution is 2.35. The van der Waals surface area contributed by atoms with Crippen LogP contribution in [0.1, 0.15) is 17.2 Å². The molecule has 0 amide bonds. The number of nitrogens with one attached hydrogen (secondary N) is 1. The lowest BCUT2D eigenvalue weighted by atomic mass is 10.0. The van der Waals surface area contributed by atoms with Gasteiger partial charge in [0, 0.05) is 28.2 Å². The quantitative estimate of drug-likeness (QED) is 0.690. The van der Waals surface area contributed by atoms with E-state index in [0.29, 0.717) is 0 Å². The van der Waals surface area contributed by atoms with Crippen molar-refractivity contribution in [2.45, 2.75) is 6.10 Å². The van der Waals surface area contributed by atoms with Crippen LogP contribution in [0, 0.1) is 5.82 Å². The number of hydrogen-bond acceptors (Lipinski definition) is 1. The molecule has 20 heavy (non-hydrogen) atoms. The Kier molecular flexibility index (Phi) is 2.39. The summed E-state index contributed by atoms with van der Waals surface area (Å²) in [6, 6.07) is 12.6. The molecule has 2 nitrogen and oxygen atoms in total. The number of benzene rings is 2. The van der Waals surface area contributed by atoms with Crippen molar-refractivity contribution in [1.29, 1.82) is 0 Å². The second kappa shape index (κ2) is 4.23. The minimum atomic E-state index is -0.237. The van der Waals surface area contributed by atoms with E-state index in [2.05, 4.69) is 4.98 Å². The van der Waals surface area contributed by atoms with Crippen molar-refractivity contribution in [3.05, 3.63) is 71.7 Å². The summed E-state index contributed by atoms with van der Waals surface area (Å²) in [5, 5.41) is 0.860. The molecule has 0 saturated heterocycles.